The van der Waals surface area contributed by atoms with Gasteiger partial charge in [0.2, 0.25) is 0 Å². The molecule has 0 amide bonds. The van der Waals surface area contributed by atoms with Crippen LogP contribution in [0.3, 0.4) is 0 Å². The molecule has 27 heavy (non-hydrogen) atoms. The molecule has 2 atom stereocenters. The minimum atomic E-state index is -0.270. The van der Waals surface area contributed by atoms with Gasteiger partial charge < -0.3 is 5.11 Å². The molecule has 1 heterocycles. The number of benzene rings is 3. The van der Waals surface area contributed by atoms with Gasteiger partial charge in [-0.1, -0.05) is 77.8 Å². The molecule has 0 saturated carbocycles. The standard InChI is InChI=1S/C23H21ClN2O/c1-15-10-12-16(13-11-15)20-14-21(18-7-3-5-9-22(18)27)26-23(25-20)17-6-2-4-8-19(17)24/h2-13,21,23,26-27H,14H2,1H3/t21-,23-/m0/s1. The minimum absolute atomic E-state index is 0.0544. The molecule has 0 radical (unpaired) electrons. The number of para-hydroxylation sites is 1. The van der Waals surface area contributed by atoms with E-state index in [9.17, 15) is 5.11 Å². The molecule has 3 aromatic carbocycles. The number of halogens is 1. The van der Waals surface area contributed by atoms with E-state index in [0.29, 0.717) is 11.4 Å². The molecule has 1 aliphatic heterocycles. The van der Waals surface area contributed by atoms with E-state index in [1.807, 2.05) is 42.5 Å². The quantitative estimate of drug-likeness (QED) is 0.627. The Kier molecular flexibility index (Phi) is 4.97. The molecule has 4 rings (SSSR count). The second-order valence-electron chi connectivity index (χ2n) is 6.85. The lowest BCUT2D eigenvalue weighted by Gasteiger charge is -2.31. The highest BCUT2D eigenvalue weighted by Gasteiger charge is 2.28. The minimum Gasteiger partial charge on any atom is -0.508 e. The summed E-state index contributed by atoms with van der Waals surface area (Å²) < 4.78 is 0. The molecule has 0 fully saturated rings. The predicted octanol–water partition coefficient (Wildman–Crippen LogP) is 5.58. The summed E-state index contributed by atoms with van der Waals surface area (Å²) in [6.07, 6.45) is 0.426. The van der Waals surface area contributed by atoms with Gasteiger partial charge in [-0.05, 0) is 24.6 Å². The fourth-order valence-corrected chi connectivity index (χ4v) is 3.70. The Morgan fingerprint density at radius 2 is 1.59 bits per heavy atom. The van der Waals surface area contributed by atoms with Crippen LogP contribution >= 0.6 is 11.6 Å². The highest BCUT2D eigenvalue weighted by Crippen LogP contribution is 2.35. The Morgan fingerprint density at radius 3 is 2.30 bits per heavy atom. The second kappa shape index (κ2) is 7.55. The van der Waals surface area contributed by atoms with E-state index < -0.39 is 0 Å². The van der Waals surface area contributed by atoms with Crippen LogP contribution in [-0.2, 0) is 0 Å². The maximum Gasteiger partial charge on any atom is 0.127 e. The third kappa shape index (κ3) is 3.75. The molecular weight excluding hydrogens is 356 g/mol. The molecule has 0 spiro atoms. The van der Waals surface area contributed by atoms with E-state index in [-0.39, 0.29) is 18.0 Å². The van der Waals surface area contributed by atoms with Crippen molar-refractivity contribution in [3.63, 3.8) is 0 Å². The van der Waals surface area contributed by atoms with E-state index in [2.05, 4.69) is 36.5 Å². The number of hydrogen-bond acceptors (Lipinski definition) is 3. The molecule has 0 bridgehead atoms. The first-order valence-corrected chi connectivity index (χ1v) is 9.41. The third-order valence-electron chi connectivity index (χ3n) is 4.94. The van der Waals surface area contributed by atoms with E-state index in [1.165, 1.54) is 5.56 Å². The van der Waals surface area contributed by atoms with Crippen LogP contribution in [0.5, 0.6) is 5.75 Å². The van der Waals surface area contributed by atoms with Gasteiger partial charge in [-0.25, -0.2) is 0 Å². The molecule has 3 nitrogen and oxygen atoms in total. The van der Waals surface area contributed by atoms with Crippen molar-refractivity contribution in [1.29, 1.82) is 0 Å². The van der Waals surface area contributed by atoms with Crippen LogP contribution in [0.25, 0.3) is 0 Å². The van der Waals surface area contributed by atoms with Crippen molar-refractivity contribution in [2.45, 2.75) is 25.6 Å². The number of phenols is 1. The van der Waals surface area contributed by atoms with Crippen molar-refractivity contribution in [2.24, 2.45) is 4.99 Å². The Hall–Kier alpha value is -2.62. The summed E-state index contributed by atoms with van der Waals surface area (Å²) in [6, 6.07) is 23.5. The summed E-state index contributed by atoms with van der Waals surface area (Å²) in [4.78, 5) is 4.96. The number of nitrogens with zero attached hydrogens (tertiary/aromatic N) is 1. The van der Waals surface area contributed by atoms with Gasteiger partial charge in [-0.2, -0.15) is 0 Å². The first-order chi connectivity index (χ1) is 13.1. The van der Waals surface area contributed by atoms with Crippen molar-refractivity contribution in [3.8, 4) is 5.75 Å². The Balaban J connectivity index is 1.78. The number of aryl methyl sites for hydroxylation is 1. The zero-order valence-corrected chi connectivity index (χ0v) is 15.8. The summed E-state index contributed by atoms with van der Waals surface area (Å²) in [5.74, 6) is 0.290. The average Bonchev–Trinajstić information content (AvgIpc) is 2.69. The molecule has 0 saturated heterocycles. The molecule has 1 aliphatic rings. The molecule has 0 aromatic heterocycles. The van der Waals surface area contributed by atoms with Crippen LogP contribution in [0.4, 0.5) is 0 Å². The zero-order chi connectivity index (χ0) is 18.8. The topological polar surface area (TPSA) is 44.6 Å². The van der Waals surface area contributed by atoms with Gasteiger partial charge >= 0.3 is 0 Å². The number of aromatic hydroxyl groups is 1. The molecule has 136 valence electrons. The maximum atomic E-state index is 10.4. The fraction of sp³-hybridized carbons (Fsp3) is 0.174. The Morgan fingerprint density at radius 1 is 0.926 bits per heavy atom. The number of hydrogen-bond donors (Lipinski definition) is 2. The van der Waals surface area contributed by atoms with Gasteiger partial charge in [0.15, 0.2) is 0 Å². The summed E-state index contributed by atoms with van der Waals surface area (Å²) >= 11 is 6.44. The summed E-state index contributed by atoms with van der Waals surface area (Å²) in [5, 5.41) is 14.6. The lowest BCUT2D eigenvalue weighted by molar-refractivity contribution is 0.413. The van der Waals surface area contributed by atoms with Crippen molar-refractivity contribution in [2.75, 3.05) is 0 Å². The lowest BCUT2D eigenvalue weighted by atomic mass is 9.93. The first kappa shape index (κ1) is 17.8. The monoisotopic (exact) mass is 376 g/mol. The molecule has 0 aliphatic carbocycles. The van der Waals surface area contributed by atoms with Gasteiger partial charge in [-0.3, -0.25) is 10.3 Å². The van der Waals surface area contributed by atoms with Crippen molar-refractivity contribution < 1.29 is 5.11 Å². The summed E-state index contributed by atoms with van der Waals surface area (Å²) in [6.45, 7) is 2.07. The van der Waals surface area contributed by atoms with E-state index in [1.54, 1.807) is 6.07 Å². The number of aliphatic imine (C=N–C) groups is 1. The zero-order valence-electron chi connectivity index (χ0n) is 15.1. The normalized spacial score (nSPS) is 19.6. The van der Waals surface area contributed by atoms with Gasteiger partial charge in [0.1, 0.15) is 11.9 Å². The smallest absolute Gasteiger partial charge is 0.127 e. The summed E-state index contributed by atoms with van der Waals surface area (Å²) in [7, 11) is 0. The third-order valence-corrected chi connectivity index (χ3v) is 5.28. The predicted molar refractivity (Wildman–Crippen MR) is 111 cm³/mol. The molecule has 3 aromatic rings. The van der Waals surface area contributed by atoms with Crippen LogP contribution in [0.15, 0.2) is 77.8 Å². The van der Waals surface area contributed by atoms with Crippen molar-refractivity contribution in [1.82, 2.24) is 5.32 Å². The largest absolute Gasteiger partial charge is 0.508 e. The first-order valence-electron chi connectivity index (χ1n) is 9.04. The lowest BCUT2D eigenvalue weighted by Crippen LogP contribution is -2.33. The highest BCUT2D eigenvalue weighted by molar-refractivity contribution is 6.31. The van der Waals surface area contributed by atoms with Gasteiger partial charge in [0.25, 0.3) is 0 Å². The molecular formula is C23H21ClN2O. The average molecular weight is 377 g/mol. The highest BCUT2D eigenvalue weighted by atomic mass is 35.5. The molecule has 2 N–H and O–H groups in total. The van der Waals surface area contributed by atoms with E-state index in [4.69, 9.17) is 16.6 Å². The Bertz CT molecular complexity index is 982. The van der Waals surface area contributed by atoms with Crippen molar-refractivity contribution in [3.05, 3.63) is 100 Å². The number of nitrogens with one attached hydrogen (secondary N) is 1. The summed E-state index contributed by atoms with van der Waals surface area (Å²) in [5.41, 5.74) is 5.12. The van der Waals surface area contributed by atoms with Gasteiger partial charge in [0, 0.05) is 34.3 Å². The van der Waals surface area contributed by atoms with Crippen LogP contribution in [0, 0.1) is 6.92 Å². The molecule has 0 unspecified atom stereocenters. The van der Waals surface area contributed by atoms with Crippen LogP contribution in [0.2, 0.25) is 5.02 Å². The van der Waals surface area contributed by atoms with Crippen molar-refractivity contribution >= 4 is 17.3 Å². The number of phenolic OH excluding ortho intramolecular Hbond substituents is 1. The van der Waals surface area contributed by atoms with E-state index >= 15 is 0 Å². The van der Waals surface area contributed by atoms with Gasteiger partial charge in [0.05, 0.1) is 0 Å². The van der Waals surface area contributed by atoms with Crippen LogP contribution in [-0.4, -0.2) is 10.8 Å². The van der Waals surface area contributed by atoms with Crippen LogP contribution in [0.1, 0.15) is 40.9 Å². The molecule has 4 heteroatoms. The number of rotatable bonds is 3. The Labute approximate surface area is 164 Å². The SMILES string of the molecule is Cc1ccc(C2=N[C@H](c3ccccc3Cl)N[C@H](c3ccccc3O)C2)cc1. The van der Waals surface area contributed by atoms with E-state index in [0.717, 1.165) is 22.4 Å². The van der Waals surface area contributed by atoms with Crippen LogP contribution < -0.4 is 5.32 Å². The second-order valence-corrected chi connectivity index (χ2v) is 7.26. The maximum absolute atomic E-state index is 10.4. The fourth-order valence-electron chi connectivity index (χ4n) is 3.47. The van der Waals surface area contributed by atoms with Gasteiger partial charge in [-0.15, -0.1) is 0 Å².